The maximum Gasteiger partial charge on any atom is 0.338 e. The first-order valence-corrected chi connectivity index (χ1v) is 16.1. The van der Waals surface area contributed by atoms with Crippen LogP contribution in [0.4, 0.5) is 0 Å². The number of rotatable bonds is 10. The lowest BCUT2D eigenvalue weighted by atomic mass is 9.96. The van der Waals surface area contributed by atoms with Crippen molar-refractivity contribution in [3.8, 4) is 11.5 Å². The van der Waals surface area contributed by atoms with E-state index in [9.17, 15) is 9.59 Å². The van der Waals surface area contributed by atoms with Crippen LogP contribution in [0.2, 0.25) is 0 Å². The number of thiazole rings is 1. The van der Waals surface area contributed by atoms with Crippen molar-refractivity contribution < 1.29 is 19.0 Å². The van der Waals surface area contributed by atoms with Crippen LogP contribution in [0.3, 0.4) is 0 Å². The molecule has 1 aliphatic heterocycles. The van der Waals surface area contributed by atoms with Gasteiger partial charge in [-0.2, -0.15) is 0 Å². The minimum absolute atomic E-state index is 0.229. The Bertz CT molecular complexity index is 1820. The van der Waals surface area contributed by atoms with E-state index in [2.05, 4.69) is 0 Å². The average molecular weight is 615 g/mol. The Labute approximate surface area is 259 Å². The van der Waals surface area contributed by atoms with Gasteiger partial charge in [0.25, 0.3) is 5.56 Å². The summed E-state index contributed by atoms with van der Waals surface area (Å²) in [5, 5.41) is 0. The number of nitrogens with zero attached hydrogens (tertiary/aromatic N) is 2. The van der Waals surface area contributed by atoms with Crippen molar-refractivity contribution in [3.63, 3.8) is 0 Å². The van der Waals surface area contributed by atoms with Crippen molar-refractivity contribution in [3.05, 3.63) is 120 Å². The molecule has 222 valence electrons. The molecule has 0 fully saturated rings. The van der Waals surface area contributed by atoms with Gasteiger partial charge in [-0.1, -0.05) is 59.9 Å². The van der Waals surface area contributed by atoms with Gasteiger partial charge in [0.15, 0.2) is 16.3 Å². The van der Waals surface area contributed by atoms with Crippen LogP contribution in [0.5, 0.6) is 11.5 Å². The normalized spacial score (nSPS) is 14.8. The summed E-state index contributed by atoms with van der Waals surface area (Å²) in [4.78, 5) is 33.6. The van der Waals surface area contributed by atoms with Gasteiger partial charge in [-0.3, -0.25) is 9.36 Å². The molecule has 0 unspecified atom stereocenters. The summed E-state index contributed by atoms with van der Waals surface area (Å²) in [6, 6.07) is 22.8. The highest BCUT2D eigenvalue weighted by Gasteiger charge is 2.33. The molecule has 2 heterocycles. The molecule has 0 spiro atoms. The SMILES string of the molecule is CCOc1cc(/C=c2\sc3n(c2=O)[C@@H](c2ccc(SC)cc2)C(C(=O)OC(C)C)=C(C)N=3)ccc1OCc1ccccc1. The summed E-state index contributed by atoms with van der Waals surface area (Å²) in [5.74, 6) is 0.750. The maximum atomic E-state index is 14.0. The molecule has 0 saturated heterocycles. The Morgan fingerprint density at radius 2 is 1.79 bits per heavy atom. The first kappa shape index (κ1) is 30.4. The number of esters is 1. The van der Waals surface area contributed by atoms with E-state index in [4.69, 9.17) is 19.2 Å². The van der Waals surface area contributed by atoms with Crippen LogP contribution in [-0.2, 0) is 16.1 Å². The van der Waals surface area contributed by atoms with E-state index < -0.39 is 12.0 Å². The first-order chi connectivity index (χ1) is 20.8. The number of thioether (sulfide) groups is 1. The summed E-state index contributed by atoms with van der Waals surface area (Å²) in [6.07, 6.45) is 3.52. The monoisotopic (exact) mass is 614 g/mol. The Balaban J connectivity index is 1.56. The van der Waals surface area contributed by atoms with Crippen LogP contribution in [-0.4, -0.2) is 29.5 Å². The number of aromatic nitrogens is 1. The largest absolute Gasteiger partial charge is 0.490 e. The molecule has 9 heteroatoms. The number of carbonyl (C=O) groups is 1. The lowest BCUT2D eigenvalue weighted by molar-refractivity contribution is -0.143. The van der Waals surface area contributed by atoms with E-state index in [0.717, 1.165) is 21.6 Å². The van der Waals surface area contributed by atoms with E-state index >= 15 is 0 Å². The van der Waals surface area contributed by atoms with E-state index in [0.29, 0.717) is 45.3 Å². The standard InChI is InChI=1S/C34H34N2O5S2/c1-6-39-28-18-24(12-17-27(28)40-20-23-10-8-7-9-11-23)19-29-32(37)36-31(25-13-15-26(42-5)16-14-25)30(33(38)41-21(2)3)22(4)35-34(36)43-29/h7-19,21,31H,6,20H2,1-5H3/b29-19-/t31-/m0/s1. The Morgan fingerprint density at radius 1 is 1.05 bits per heavy atom. The molecular formula is C34H34N2O5S2. The molecule has 4 aromatic rings. The van der Waals surface area contributed by atoms with Gasteiger partial charge in [-0.15, -0.1) is 11.8 Å². The molecular weight excluding hydrogens is 581 g/mol. The van der Waals surface area contributed by atoms with Crippen molar-refractivity contribution in [1.29, 1.82) is 0 Å². The van der Waals surface area contributed by atoms with Gasteiger partial charge in [0, 0.05) is 4.90 Å². The number of hydrogen-bond acceptors (Lipinski definition) is 8. The fourth-order valence-corrected chi connectivity index (χ4v) is 6.31. The Hall–Kier alpha value is -4.08. The molecule has 0 aliphatic carbocycles. The number of ether oxygens (including phenoxy) is 3. The van der Waals surface area contributed by atoms with Crippen LogP contribution in [0.25, 0.3) is 6.08 Å². The topological polar surface area (TPSA) is 79.1 Å². The minimum atomic E-state index is -0.659. The fraction of sp³-hybridized carbons (Fsp3) is 0.265. The van der Waals surface area contributed by atoms with Crippen LogP contribution in [0.1, 0.15) is 50.4 Å². The highest BCUT2D eigenvalue weighted by molar-refractivity contribution is 7.98. The molecule has 1 atom stereocenters. The number of fused-ring (bicyclic) bond motifs is 1. The lowest BCUT2D eigenvalue weighted by Gasteiger charge is -2.25. The molecule has 0 amide bonds. The summed E-state index contributed by atoms with van der Waals surface area (Å²) in [7, 11) is 0. The Morgan fingerprint density at radius 3 is 2.47 bits per heavy atom. The molecule has 7 nitrogen and oxygen atoms in total. The highest BCUT2D eigenvalue weighted by Crippen LogP contribution is 2.32. The van der Waals surface area contributed by atoms with Crippen LogP contribution < -0.4 is 24.4 Å². The summed E-state index contributed by atoms with van der Waals surface area (Å²) in [6.45, 7) is 8.20. The molecule has 0 saturated carbocycles. The molecule has 1 aromatic heterocycles. The molecule has 3 aromatic carbocycles. The Kier molecular flexibility index (Phi) is 9.52. The third-order valence-electron chi connectivity index (χ3n) is 6.82. The van der Waals surface area contributed by atoms with Crippen LogP contribution >= 0.6 is 23.1 Å². The van der Waals surface area contributed by atoms with Crippen molar-refractivity contribution in [2.75, 3.05) is 12.9 Å². The van der Waals surface area contributed by atoms with Gasteiger partial charge in [0.2, 0.25) is 0 Å². The molecule has 5 rings (SSSR count). The second-order valence-electron chi connectivity index (χ2n) is 10.2. The third kappa shape index (κ3) is 6.78. The van der Waals surface area contributed by atoms with Crippen LogP contribution in [0, 0.1) is 0 Å². The maximum absolute atomic E-state index is 14.0. The molecule has 1 aliphatic rings. The van der Waals surface area contributed by atoms with Gasteiger partial charge < -0.3 is 14.2 Å². The predicted octanol–water partition coefficient (Wildman–Crippen LogP) is 5.89. The van der Waals surface area contributed by atoms with E-state index in [1.807, 2.05) is 92.1 Å². The van der Waals surface area contributed by atoms with E-state index in [1.54, 1.807) is 37.1 Å². The van der Waals surface area contributed by atoms with Crippen molar-refractivity contribution in [1.82, 2.24) is 4.57 Å². The van der Waals surface area contributed by atoms with E-state index in [1.165, 1.54) is 11.3 Å². The fourth-order valence-electron chi connectivity index (χ4n) is 4.85. The van der Waals surface area contributed by atoms with Gasteiger partial charge in [-0.05, 0) is 81.0 Å². The number of carbonyl (C=O) groups excluding carboxylic acids is 1. The lowest BCUT2D eigenvalue weighted by Crippen LogP contribution is -2.40. The molecule has 0 N–H and O–H groups in total. The third-order valence-corrected chi connectivity index (χ3v) is 8.54. The van der Waals surface area contributed by atoms with Gasteiger partial charge in [0.05, 0.1) is 34.6 Å². The highest BCUT2D eigenvalue weighted by atomic mass is 32.2. The van der Waals surface area contributed by atoms with Gasteiger partial charge >= 0.3 is 5.97 Å². The quantitative estimate of drug-likeness (QED) is 0.164. The van der Waals surface area contributed by atoms with Crippen molar-refractivity contribution >= 4 is 35.1 Å². The van der Waals surface area contributed by atoms with Crippen molar-refractivity contribution in [2.24, 2.45) is 4.99 Å². The summed E-state index contributed by atoms with van der Waals surface area (Å²) >= 11 is 2.92. The summed E-state index contributed by atoms with van der Waals surface area (Å²) in [5.41, 5.74) is 3.33. The van der Waals surface area contributed by atoms with E-state index in [-0.39, 0.29) is 11.7 Å². The van der Waals surface area contributed by atoms with Crippen molar-refractivity contribution in [2.45, 2.75) is 51.3 Å². The average Bonchev–Trinajstić information content (AvgIpc) is 3.30. The zero-order chi connectivity index (χ0) is 30.5. The number of benzene rings is 3. The van der Waals surface area contributed by atoms with Gasteiger partial charge in [-0.25, -0.2) is 9.79 Å². The zero-order valence-corrected chi connectivity index (χ0v) is 26.5. The second-order valence-corrected chi connectivity index (χ2v) is 12.1. The number of allylic oxidation sites excluding steroid dienone is 1. The second kappa shape index (κ2) is 13.5. The predicted molar refractivity (Wildman–Crippen MR) is 172 cm³/mol. The molecule has 0 bridgehead atoms. The zero-order valence-electron chi connectivity index (χ0n) is 24.8. The first-order valence-electron chi connectivity index (χ1n) is 14.1. The summed E-state index contributed by atoms with van der Waals surface area (Å²) < 4.78 is 19.7. The van der Waals surface area contributed by atoms with Crippen LogP contribution in [0.15, 0.2) is 98.7 Å². The smallest absolute Gasteiger partial charge is 0.338 e. The molecule has 43 heavy (non-hydrogen) atoms. The number of hydrogen-bond donors (Lipinski definition) is 0. The van der Waals surface area contributed by atoms with Gasteiger partial charge in [0.1, 0.15) is 6.61 Å². The molecule has 0 radical (unpaired) electrons. The minimum Gasteiger partial charge on any atom is -0.490 e.